The second-order valence-electron chi connectivity index (χ2n) is 8.21. The minimum absolute atomic E-state index is 0.0997. The molecule has 0 aliphatic rings. The second kappa shape index (κ2) is 11.6. The van der Waals surface area contributed by atoms with Crippen molar-refractivity contribution in [3.8, 4) is 23.0 Å². The van der Waals surface area contributed by atoms with E-state index in [0.29, 0.717) is 22.9 Å². The van der Waals surface area contributed by atoms with E-state index in [-0.39, 0.29) is 5.91 Å². The third kappa shape index (κ3) is 6.34. The van der Waals surface area contributed by atoms with E-state index in [9.17, 15) is 4.79 Å². The summed E-state index contributed by atoms with van der Waals surface area (Å²) < 4.78 is 0. The second-order valence-corrected chi connectivity index (χ2v) is 8.62. The van der Waals surface area contributed by atoms with Crippen LogP contribution in [0.15, 0.2) is 48.8 Å². The van der Waals surface area contributed by atoms with Gasteiger partial charge in [-0.15, -0.1) is 0 Å². The molecular formula is C27H30ClN5O. The molecule has 1 amide bonds. The van der Waals surface area contributed by atoms with E-state index in [4.69, 9.17) is 17.3 Å². The van der Waals surface area contributed by atoms with Gasteiger partial charge in [0.25, 0.3) is 5.91 Å². The standard InChI is InChI=1S/C27H30ClN5O/c1-5-32(3)15-6-16-33(4)27(34)24-17-21(9-11-25(24)28)23-13-14-30-19(2)22(23)10-7-20-8-12-26(29)31-18-20/h8-9,11-14,17-18H,5-6,15-16H2,1-4H3,(H2,29,31). The number of rotatable bonds is 7. The summed E-state index contributed by atoms with van der Waals surface area (Å²) in [6.45, 7) is 6.61. The maximum absolute atomic E-state index is 13.2. The summed E-state index contributed by atoms with van der Waals surface area (Å²) in [6.07, 6.45) is 4.28. The highest BCUT2D eigenvalue weighted by Gasteiger charge is 2.17. The molecule has 2 aromatic heterocycles. The Morgan fingerprint density at radius 2 is 1.88 bits per heavy atom. The Hall–Kier alpha value is -3.40. The van der Waals surface area contributed by atoms with Crippen LogP contribution in [-0.4, -0.2) is 59.4 Å². The lowest BCUT2D eigenvalue weighted by Gasteiger charge is -2.20. The van der Waals surface area contributed by atoms with Gasteiger partial charge in [0.2, 0.25) is 0 Å². The number of amides is 1. The summed E-state index contributed by atoms with van der Waals surface area (Å²) in [5, 5.41) is 0.428. The molecule has 0 saturated heterocycles. The molecule has 0 atom stereocenters. The van der Waals surface area contributed by atoms with Crippen molar-refractivity contribution in [2.45, 2.75) is 20.3 Å². The number of carbonyl (C=O) groups excluding carboxylic acids is 1. The number of hydrogen-bond donors (Lipinski definition) is 1. The summed E-state index contributed by atoms with van der Waals surface area (Å²) in [7, 11) is 3.88. The average Bonchev–Trinajstić information content (AvgIpc) is 2.84. The van der Waals surface area contributed by atoms with Crippen molar-refractivity contribution >= 4 is 23.3 Å². The number of hydrogen-bond acceptors (Lipinski definition) is 5. The number of benzene rings is 1. The van der Waals surface area contributed by atoms with Crippen LogP contribution in [0.1, 0.15) is 40.5 Å². The zero-order valence-corrected chi connectivity index (χ0v) is 20.9. The van der Waals surface area contributed by atoms with E-state index in [1.54, 1.807) is 29.4 Å². The summed E-state index contributed by atoms with van der Waals surface area (Å²) >= 11 is 6.44. The van der Waals surface area contributed by atoms with Gasteiger partial charge in [-0.1, -0.05) is 36.4 Å². The minimum Gasteiger partial charge on any atom is -0.384 e. The quantitative estimate of drug-likeness (QED) is 0.509. The predicted octanol–water partition coefficient (Wildman–Crippen LogP) is 4.50. The highest BCUT2D eigenvalue weighted by atomic mass is 35.5. The van der Waals surface area contributed by atoms with Gasteiger partial charge in [0.15, 0.2) is 0 Å². The zero-order valence-electron chi connectivity index (χ0n) is 20.1. The molecule has 0 radical (unpaired) electrons. The molecule has 3 rings (SSSR count). The van der Waals surface area contributed by atoms with Crippen LogP contribution in [0.5, 0.6) is 0 Å². The van der Waals surface area contributed by atoms with E-state index in [1.807, 2.05) is 38.2 Å². The highest BCUT2D eigenvalue weighted by Crippen LogP contribution is 2.29. The monoisotopic (exact) mass is 475 g/mol. The van der Waals surface area contributed by atoms with Gasteiger partial charge >= 0.3 is 0 Å². The first-order chi connectivity index (χ1) is 16.3. The smallest absolute Gasteiger partial charge is 0.255 e. The van der Waals surface area contributed by atoms with Crippen molar-refractivity contribution in [1.82, 2.24) is 19.8 Å². The van der Waals surface area contributed by atoms with Crippen molar-refractivity contribution in [2.24, 2.45) is 0 Å². The Morgan fingerprint density at radius 1 is 1.09 bits per heavy atom. The molecule has 0 unspecified atom stereocenters. The molecule has 0 bridgehead atoms. The molecule has 3 aromatic rings. The summed E-state index contributed by atoms with van der Waals surface area (Å²) in [5.74, 6) is 6.70. The van der Waals surface area contributed by atoms with Crippen LogP contribution in [0.2, 0.25) is 5.02 Å². The molecular weight excluding hydrogens is 446 g/mol. The zero-order chi connectivity index (χ0) is 24.7. The first kappa shape index (κ1) is 25.2. The first-order valence-electron chi connectivity index (χ1n) is 11.2. The van der Waals surface area contributed by atoms with Gasteiger partial charge in [-0.25, -0.2) is 4.98 Å². The lowest BCUT2D eigenvalue weighted by molar-refractivity contribution is 0.0790. The van der Waals surface area contributed by atoms with Crippen molar-refractivity contribution in [1.29, 1.82) is 0 Å². The van der Waals surface area contributed by atoms with Gasteiger partial charge < -0.3 is 15.5 Å². The van der Waals surface area contributed by atoms with Crippen LogP contribution in [0.3, 0.4) is 0 Å². The van der Waals surface area contributed by atoms with Crippen LogP contribution in [-0.2, 0) is 0 Å². The molecule has 0 aliphatic carbocycles. The first-order valence-corrected chi connectivity index (χ1v) is 11.6. The molecule has 0 aliphatic heterocycles. The lowest BCUT2D eigenvalue weighted by atomic mass is 9.97. The minimum atomic E-state index is -0.0997. The lowest BCUT2D eigenvalue weighted by Crippen LogP contribution is -2.30. The molecule has 6 nitrogen and oxygen atoms in total. The molecule has 1 aromatic carbocycles. The number of pyridine rings is 2. The van der Waals surface area contributed by atoms with Gasteiger partial charge in [0.1, 0.15) is 5.82 Å². The van der Waals surface area contributed by atoms with Gasteiger partial charge in [-0.3, -0.25) is 9.78 Å². The number of nitrogens with zero attached hydrogens (tertiary/aromatic N) is 4. The molecule has 2 N–H and O–H groups in total. The van der Waals surface area contributed by atoms with Crippen LogP contribution in [0.25, 0.3) is 11.1 Å². The van der Waals surface area contributed by atoms with Crippen LogP contribution in [0.4, 0.5) is 5.82 Å². The molecule has 34 heavy (non-hydrogen) atoms. The molecule has 7 heteroatoms. The normalized spacial score (nSPS) is 10.6. The maximum atomic E-state index is 13.2. The number of aryl methyl sites for hydroxylation is 1. The Kier molecular flexibility index (Phi) is 8.64. The van der Waals surface area contributed by atoms with Crippen molar-refractivity contribution in [3.63, 3.8) is 0 Å². The summed E-state index contributed by atoms with van der Waals surface area (Å²) in [5.41, 5.74) is 10.2. The fourth-order valence-corrected chi connectivity index (χ4v) is 3.68. The maximum Gasteiger partial charge on any atom is 0.255 e. The van der Waals surface area contributed by atoms with Crippen LogP contribution in [0, 0.1) is 18.8 Å². The molecule has 176 valence electrons. The van der Waals surface area contributed by atoms with Gasteiger partial charge in [-0.05, 0) is 69.4 Å². The molecule has 0 fully saturated rings. The van der Waals surface area contributed by atoms with Crippen molar-refractivity contribution in [3.05, 3.63) is 76.2 Å². The fourth-order valence-electron chi connectivity index (χ4n) is 3.48. The largest absolute Gasteiger partial charge is 0.384 e. The van der Waals surface area contributed by atoms with Gasteiger partial charge in [0, 0.05) is 37.1 Å². The topological polar surface area (TPSA) is 75.3 Å². The van der Waals surface area contributed by atoms with Gasteiger partial charge in [-0.2, -0.15) is 0 Å². The van der Waals surface area contributed by atoms with E-state index >= 15 is 0 Å². The number of halogens is 1. The van der Waals surface area contributed by atoms with Crippen LogP contribution < -0.4 is 5.73 Å². The summed E-state index contributed by atoms with van der Waals surface area (Å²) in [4.78, 5) is 25.6. The average molecular weight is 476 g/mol. The number of carbonyl (C=O) groups is 1. The molecule has 2 heterocycles. The van der Waals surface area contributed by atoms with E-state index < -0.39 is 0 Å². The summed E-state index contributed by atoms with van der Waals surface area (Å²) in [6, 6.07) is 11.0. The number of aromatic nitrogens is 2. The number of nitrogens with two attached hydrogens (primary N) is 1. The third-order valence-electron chi connectivity index (χ3n) is 5.69. The SMILES string of the molecule is CCN(C)CCCN(C)C(=O)c1cc(-c2ccnc(C)c2C#Cc2ccc(N)nc2)ccc1Cl. The van der Waals surface area contributed by atoms with Crippen molar-refractivity contribution < 1.29 is 4.79 Å². The van der Waals surface area contributed by atoms with E-state index in [2.05, 4.69) is 40.7 Å². The number of anilines is 1. The van der Waals surface area contributed by atoms with E-state index in [0.717, 1.165) is 47.5 Å². The van der Waals surface area contributed by atoms with Crippen molar-refractivity contribution in [2.75, 3.05) is 39.5 Å². The Labute approximate surface area is 206 Å². The highest BCUT2D eigenvalue weighted by molar-refractivity contribution is 6.34. The Bertz CT molecular complexity index is 1210. The Morgan fingerprint density at radius 3 is 2.59 bits per heavy atom. The predicted molar refractivity (Wildman–Crippen MR) is 139 cm³/mol. The van der Waals surface area contributed by atoms with Crippen LogP contribution >= 0.6 is 11.6 Å². The number of nitrogen functional groups attached to an aromatic ring is 1. The molecule has 0 spiro atoms. The molecule has 0 saturated carbocycles. The fraction of sp³-hybridized carbons (Fsp3) is 0.296. The third-order valence-corrected chi connectivity index (χ3v) is 6.02. The van der Waals surface area contributed by atoms with Gasteiger partial charge in [0.05, 0.1) is 21.8 Å². The Balaban J connectivity index is 1.90. The van der Waals surface area contributed by atoms with E-state index in [1.165, 1.54) is 0 Å².